The van der Waals surface area contributed by atoms with Crippen molar-refractivity contribution in [3.63, 3.8) is 0 Å². The molecule has 178 valence electrons. The molecule has 2 fully saturated rings. The van der Waals surface area contributed by atoms with Crippen molar-refractivity contribution in [2.24, 2.45) is 0 Å². The van der Waals surface area contributed by atoms with E-state index < -0.39 is 10.0 Å². The van der Waals surface area contributed by atoms with Crippen LogP contribution in [-0.2, 0) is 26.0 Å². The van der Waals surface area contributed by atoms with Gasteiger partial charge in [0, 0.05) is 44.0 Å². The monoisotopic (exact) mass is 475 g/mol. The first-order valence-corrected chi connectivity index (χ1v) is 12.4. The Morgan fingerprint density at radius 1 is 1.00 bits per heavy atom. The number of hydrogen-bond donors (Lipinski definition) is 1. The molecule has 2 aliphatic heterocycles. The lowest BCUT2D eigenvalue weighted by atomic mass is 10.1. The van der Waals surface area contributed by atoms with E-state index in [1.807, 2.05) is 29.2 Å². The van der Waals surface area contributed by atoms with Crippen molar-refractivity contribution >= 4 is 21.6 Å². The Morgan fingerprint density at radius 2 is 1.67 bits per heavy atom. The van der Waals surface area contributed by atoms with E-state index in [9.17, 15) is 13.2 Å². The third-order valence-electron chi connectivity index (χ3n) is 5.80. The number of ether oxygens (including phenoxy) is 3. The molecule has 2 saturated heterocycles. The van der Waals surface area contributed by atoms with E-state index in [1.54, 1.807) is 19.2 Å². The quantitative estimate of drug-likeness (QED) is 0.648. The Labute approximate surface area is 194 Å². The van der Waals surface area contributed by atoms with Crippen molar-refractivity contribution in [1.29, 1.82) is 0 Å². The first-order chi connectivity index (χ1) is 16.0. The van der Waals surface area contributed by atoms with E-state index in [4.69, 9.17) is 14.2 Å². The lowest BCUT2D eigenvalue weighted by Gasteiger charge is -2.31. The summed E-state index contributed by atoms with van der Waals surface area (Å²) < 4.78 is 43.9. The minimum Gasteiger partial charge on any atom is -0.496 e. The van der Waals surface area contributed by atoms with Crippen molar-refractivity contribution in [3.05, 3.63) is 53.6 Å². The molecule has 9 nitrogen and oxygen atoms in total. The van der Waals surface area contributed by atoms with Gasteiger partial charge in [0.1, 0.15) is 5.75 Å². The van der Waals surface area contributed by atoms with Gasteiger partial charge in [-0.1, -0.05) is 18.2 Å². The van der Waals surface area contributed by atoms with Crippen LogP contribution >= 0.6 is 0 Å². The van der Waals surface area contributed by atoms with Crippen LogP contribution in [0, 0.1) is 0 Å². The highest BCUT2D eigenvalue weighted by atomic mass is 32.2. The smallest absolute Gasteiger partial charge is 0.253 e. The molecule has 0 aliphatic carbocycles. The van der Waals surface area contributed by atoms with Gasteiger partial charge in [-0.05, 0) is 24.3 Å². The lowest BCUT2D eigenvalue weighted by Crippen LogP contribution is -2.41. The van der Waals surface area contributed by atoms with E-state index in [2.05, 4.69) is 5.32 Å². The molecule has 2 aromatic carbocycles. The Bertz CT molecular complexity index is 1080. The number of carbonyl (C=O) groups excluding carboxylic acids is 1. The standard InChI is InChI=1S/C23H29N3O6S/c1-30-22-5-3-2-4-18(22)17-24-23(27)20-16-19(33(28,29)26-10-14-32-15-11-26)6-7-21(20)25-8-12-31-13-9-25/h2-7,16H,8-15,17H2,1H3,(H,24,27). The molecule has 2 aromatic rings. The van der Waals surface area contributed by atoms with Crippen LogP contribution < -0.4 is 15.0 Å². The molecule has 2 aliphatic rings. The third kappa shape index (κ3) is 5.30. The van der Waals surface area contributed by atoms with Crippen molar-refractivity contribution in [3.8, 4) is 5.75 Å². The molecule has 1 N–H and O–H groups in total. The van der Waals surface area contributed by atoms with Crippen LogP contribution in [0.15, 0.2) is 47.4 Å². The number of amides is 1. The molecule has 0 bridgehead atoms. The molecule has 0 atom stereocenters. The maximum Gasteiger partial charge on any atom is 0.253 e. The lowest BCUT2D eigenvalue weighted by molar-refractivity contribution is 0.0730. The number of nitrogens with one attached hydrogen (secondary N) is 1. The van der Waals surface area contributed by atoms with Crippen molar-refractivity contribution in [1.82, 2.24) is 9.62 Å². The SMILES string of the molecule is COc1ccccc1CNC(=O)c1cc(S(=O)(=O)N2CCOCC2)ccc1N1CCOCC1. The average molecular weight is 476 g/mol. The van der Waals surface area contributed by atoms with Gasteiger partial charge in [0.2, 0.25) is 10.0 Å². The molecule has 4 rings (SSSR count). The summed E-state index contributed by atoms with van der Waals surface area (Å²) in [6.45, 7) is 3.92. The van der Waals surface area contributed by atoms with E-state index in [0.717, 1.165) is 5.56 Å². The van der Waals surface area contributed by atoms with E-state index in [0.29, 0.717) is 69.6 Å². The van der Waals surface area contributed by atoms with Crippen LogP contribution in [0.3, 0.4) is 0 Å². The maximum absolute atomic E-state index is 13.3. The molecular formula is C23H29N3O6S. The number of hydrogen-bond acceptors (Lipinski definition) is 7. The zero-order valence-corrected chi connectivity index (χ0v) is 19.5. The fourth-order valence-electron chi connectivity index (χ4n) is 3.99. The van der Waals surface area contributed by atoms with Gasteiger partial charge in [0.05, 0.1) is 44.0 Å². The summed E-state index contributed by atoms with van der Waals surface area (Å²) in [5, 5.41) is 2.92. The second-order valence-electron chi connectivity index (χ2n) is 7.79. The third-order valence-corrected chi connectivity index (χ3v) is 7.70. The molecule has 0 unspecified atom stereocenters. The first-order valence-electron chi connectivity index (χ1n) is 11.0. The number of morpholine rings is 2. The fourth-order valence-corrected chi connectivity index (χ4v) is 5.43. The zero-order chi connectivity index (χ0) is 23.3. The summed E-state index contributed by atoms with van der Waals surface area (Å²) in [5.74, 6) is 0.330. The van der Waals surface area contributed by atoms with Crippen LogP contribution in [0.4, 0.5) is 5.69 Å². The minimum absolute atomic E-state index is 0.101. The van der Waals surface area contributed by atoms with Gasteiger partial charge >= 0.3 is 0 Å². The highest BCUT2D eigenvalue weighted by Crippen LogP contribution is 2.27. The predicted octanol–water partition coefficient (Wildman–Crippen LogP) is 1.48. The summed E-state index contributed by atoms with van der Waals surface area (Å²) in [7, 11) is -2.15. The van der Waals surface area contributed by atoms with Crippen LogP contribution in [0.2, 0.25) is 0 Å². The largest absolute Gasteiger partial charge is 0.496 e. The minimum atomic E-state index is -3.73. The number of nitrogens with zero attached hydrogens (tertiary/aromatic N) is 2. The van der Waals surface area contributed by atoms with Crippen LogP contribution in [0.1, 0.15) is 15.9 Å². The highest BCUT2D eigenvalue weighted by molar-refractivity contribution is 7.89. The molecule has 0 radical (unpaired) electrons. The molecular weight excluding hydrogens is 446 g/mol. The van der Waals surface area contributed by atoms with Gasteiger partial charge in [-0.25, -0.2) is 8.42 Å². The molecule has 0 spiro atoms. The van der Waals surface area contributed by atoms with Crippen LogP contribution in [0.25, 0.3) is 0 Å². The topological polar surface area (TPSA) is 97.4 Å². The highest BCUT2D eigenvalue weighted by Gasteiger charge is 2.29. The number of benzene rings is 2. The molecule has 10 heteroatoms. The normalized spacial score (nSPS) is 17.5. The molecule has 1 amide bonds. The predicted molar refractivity (Wildman–Crippen MR) is 123 cm³/mol. The van der Waals surface area contributed by atoms with Crippen LogP contribution in [-0.4, -0.2) is 78.3 Å². The summed E-state index contributed by atoms with van der Waals surface area (Å²) in [4.78, 5) is 15.4. The Hall–Kier alpha value is -2.66. The molecule has 2 heterocycles. The Kier molecular flexibility index (Phi) is 7.49. The Balaban J connectivity index is 1.63. The van der Waals surface area contributed by atoms with Crippen molar-refractivity contribution < 1.29 is 27.4 Å². The second-order valence-corrected chi connectivity index (χ2v) is 9.73. The van der Waals surface area contributed by atoms with E-state index in [-0.39, 0.29) is 17.3 Å². The van der Waals surface area contributed by atoms with Gasteiger partial charge in [0.15, 0.2) is 0 Å². The van der Waals surface area contributed by atoms with E-state index >= 15 is 0 Å². The zero-order valence-electron chi connectivity index (χ0n) is 18.7. The summed E-state index contributed by atoms with van der Waals surface area (Å²) in [5.41, 5.74) is 1.84. The maximum atomic E-state index is 13.3. The van der Waals surface area contributed by atoms with E-state index in [1.165, 1.54) is 10.4 Å². The van der Waals surface area contributed by atoms with Gasteiger partial charge in [-0.3, -0.25) is 4.79 Å². The second kappa shape index (κ2) is 10.5. The summed E-state index contributed by atoms with van der Waals surface area (Å²) in [6, 6.07) is 12.2. The number of para-hydroxylation sites is 1. The van der Waals surface area contributed by atoms with Gasteiger partial charge in [-0.2, -0.15) is 4.31 Å². The number of anilines is 1. The molecule has 0 aromatic heterocycles. The van der Waals surface area contributed by atoms with Crippen molar-refractivity contribution in [2.75, 3.05) is 64.6 Å². The number of methoxy groups -OCH3 is 1. The summed E-state index contributed by atoms with van der Waals surface area (Å²) in [6.07, 6.45) is 0. The molecule has 33 heavy (non-hydrogen) atoms. The van der Waals surface area contributed by atoms with Crippen LogP contribution in [0.5, 0.6) is 5.75 Å². The van der Waals surface area contributed by atoms with Gasteiger partial charge in [0.25, 0.3) is 5.91 Å². The Morgan fingerprint density at radius 3 is 2.36 bits per heavy atom. The number of rotatable bonds is 7. The van der Waals surface area contributed by atoms with Gasteiger partial charge in [-0.15, -0.1) is 0 Å². The van der Waals surface area contributed by atoms with Crippen molar-refractivity contribution in [2.45, 2.75) is 11.4 Å². The molecule has 0 saturated carbocycles. The summed E-state index contributed by atoms with van der Waals surface area (Å²) >= 11 is 0. The first kappa shape index (κ1) is 23.5. The fraction of sp³-hybridized carbons (Fsp3) is 0.435. The number of carbonyl (C=O) groups is 1. The average Bonchev–Trinajstić information content (AvgIpc) is 2.88. The van der Waals surface area contributed by atoms with Gasteiger partial charge < -0.3 is 24.4 Å². The number of sulfonamides is 1.